The van der Waals surface area contributed by atoms with E-state index in [0.29, 0.717) is 0 Å². The van der Waals surface area contributed by atoms with Gasteiger partial charge in [-0.3, -0.25) is 5.32 Å². The normalized spacial score (nSPS) is 23.8. The van der Waals surface area contributed by atoms with Gasteiger partial charge in [0, 0.05) is 6.04 Å². The number of rotatable bonds is 3. The summed E-state index contributed by atoms with van der Waals surface area (Å²) in [7, 11) is 0. The molecule has 0 aromatic heterocycles. The maximum Gasteiger partial charge on any atom is 0.356 e. The van der Waals surface area contributed by atoms with Crippen LogP contribution in [-0.4, -0.2) is 22.9 Å². The topological polar surface area (TPSA) is 49.3 Å². The van der Waals surface area contributed by atoms with Crippen LogP contribution in [0.3, 0.4) is 0 Å². The van der Waals surface area contributed by atoms with Gasteiger partial charge in [-0.25, -0.2) is 9.18 Å². The molecule has 0 saturated heterocycles. The van der Waals surface area contributed by atoms with E-state index >= 15 is 0 Å². The summed E-state index contributed by atoms with van der Waals surface area (Å²) in [5.41, 5.74) is 0. The molecule has 0 heterocycles. The summed E-state index contributed by atoms with van der Waals surface area (Å²) in [6.45, 7) is 1.02. The zero-order valence-corrected chi connectivity index (χ0v) is 5.72. The van der Waals surface area contributed by atoms with E-state index in [1.54, 1.807) is 0 Å². The Balaban J connectivity index is 2.40. The van der Waals surface area contributed by atoms with Crippen LogP contribution in [-0.2, 0) is 4.79 Å². The van der Waals surface area contributed by atoms with Crippen molar-refractivity contribution >= 4 is 5.97 Å². The van der Waals surface area contributed by atoms with Crippen molar-refractivity contribution in [1.29, 1.82) is 0 Å². The van der Waals surface area contributed by atoms with Gasteiger partial charge in [-0.15, -0.1) is 0 Å². The van der Waals surface area contributed by atoms with Crippen molar-refractivity contribution < 1.29 is 14.3 Å². The van der Waals surface area contributed by atoms with Crippen LogP contribution in [0.25, 0.3) is 0 Å². The molecule has 0 aliphatic heterocycles. The van der Waals surface area contributed by atoms with Gasteiger partial charge in [0.05, 0.1) is 0 Å². The maximum atomic E-state index is 12.8. The minimum Gasteiger partial charge on any atom is -0.478 e. The Morgan fingerprint density at radius 2 is 2.30 bits per heavy atom. The smallest absolute Gasteiger partial charge is 0.356 e. The summed E-state index contributed by atoms with van der Waals surface area (Å²) < 4.78 is 12.8. The number of hydrogen-bond acceptors (Lipinski definition) is 2. The van der Waals surface area contributed by atoms with Crippen LogP contribution >= 0.6 is 0 Å². The fraction of sp³-hybridized carbons (Fsp3) is 0.833. The molecule has 10 heavy (non-hydrogen) atoms. The Morgan fingerprint density at radius 1 is 1.80 bits per heavy atom. The Kier molecular flexibility index (Phi) is 1.64. The quantitative estimate of drug-likeness (QED) is 0.572. The maximum absolute atomic E-state index is 12.8. The van der Waals surface area contributed by atoms with Crippen molar-refractivity contribution in [1.82, 2.24) is 5.32 Å². The molecule has 0 amide bonds. The molecule has 3 nitrogen and oxygen atoms in total. The Hall–Kier alpha value is -0.640. The van der Waals surface area contributed by atoms with Crippen LogP contribution in [0.15, 0.2) is 0 Å². The molecule has 0 spiro atoms. The van der Waals surface area contributed by atoms with Gasteiger partial charge in [-0.05, 0) is 19.8 Å². The molecule has 1 aliphatic carbocycles. The van der Waals surface area contributed by atoms with Crippen LogP contribution in [0, 0.1) is 0 Å². The average molecular weight is 147 g/mol. The summed E-state index contributed by atoms with van der Waals surface area (Å²) >= 11 is 0. The molecule has 0 bridgehead atoms. The van der Waals surface area contributed by atoms with Crippen molar-refractivity contribution in [2.45, 2.75) is 31.6 Å². The zero-order chi connectivity index (χ0) is 7.78. The molecule has 1 saturated carbocycles. The van der Waals surface area contributed by atoms with Crippen LogP contribution in [0.2, 0.25) is 0 Å². The molecule has 1 fully saturated rings. The molecule has 1 unspecified atom stereocenters. The highest BCUT2D eigenvalue weighted by atomic mass is 19.1. The van der Waals surface area contributed by atoms with E-state index in [-0.39, 0.29) is 6.04 Å². The van der Waals surface area contributed by atoms with Crippen LogP contribution in [0.4, 0.5) is 4.39 Å². The molecule has 2 N–H and O–H groups in total. The minimum atomic E-state index is -2.25. The first kappa shape index (κ1) is 7.47. The first-order valence-corrected chi connectivity index (χ1v) is 3.22. The molecular weight excluding hydrogens is 137 g/mol. The van der Waals surface area contributed by atoms with E-state index in [1.807, 2.05) is 0 Å². The van der Waals surface area contributed by atoms with Gasteiger partial charge in [-0.2, -0.15) is 0 Å². The predicted molar refractivity (Wildman–Crippen MR) is 33.3 cm³/mol. The van der Waals surface area contributed by atoms with E-state index in [4.69, 9.17) is 5.11 Å². The molecule has 1 rings (SSSR count). The number of carboxylic acids is 1. The van der Waals surface area contributed by atoms with Gasteiger partial charge in [-0.1, -0.05) is 0 Å². The predicted octanol–water partition coefficient (Wildman–Crippen LogP) is 0.509. The summed E-state index contributed by atoms with van der Waals surface area (Å²) in [5, 5.41) is 10.6. The number of carboxylic acid groups (broad SMARTS) is 1. The summed E-state index contributed by atoms with van der Waals surface area (Å²) in [4.78, 5) is 10.1. The first-order chi connectivity index (χ1) is 4.52. The van der Waals surface area contributed by atoms with Gasteiger partial charge in [0.1, 0.15) is 0 Å². The molecule has 0 aromatic rings. The second kappa shape index (κ2) is 2.20. The summed E-state index contributed by atoms with van der Waals surface area (Å²) in [6, 6.07) is 0.0751. The van der Waals surface area contributed by atoms with Crippen molar-refractivity contribution in [3.05, 3.63) is 0 Å². The molecular formula is C6H10FNO2. The fourth-order valence-corrected chi connectivity index (χ4v) is 0.673. The van der Waals surface area contributed by atoms with Gasteiger partial charge >= 0.3 is 5.97 Å². The Labute approximate surface area is 58.2 Å². The third-order valence-electron chi connectivity index (χ3n) is 1.45. The molecule has 1 aliphatic rings. The van der Waals surface area contributed by atoms with Gasteiger partial charge in [0.2, 0.25) is 0 Å². The standard InChI is InChI=1S/C6H10FNO2/c1-6(7,5(9)10)8-4-2-3-4/h4,8H,2-3H2,1H3,(H,9,10). The lowest BCUT2D eigenvalue weighted by molar-refractivity contribution is -0.152. The second-order valence-corrected chi connectivity index (χ2v) is 2.73. The number of halogens is 1. The van der Waals surface area contributed by atoms with E-state index in [9.17, 15) is 9.18 Å². The van der Waals surface area contributed by atoms with E-state index in [0.717, 1.165) is 19.8 Å². The van der Waals surface area contributed by atoms with E-state index in [2.05, 4.69) is 5.32 Å². The lowest BCUT2D eigenvalue weighted by atomic mass is 10.3. The highest BCUT2D eigenvalue weighted by Gasteiger charge is 2.38. The van der Waals surface area contributed by atoms with Crippen LogP contribution < -0.4 is 5.32 Å². The molecule has 58 valence electrons. The molecule has 4 heteroatoms. The third kappa shape index (κ3) is 1.67. The number of hydrogen-bond donors (Lipinski definition) is 2. The molecule has 1 atom stereocenters. The Morgan fingerprint density at radius 3 is 2.60 bits per heavy atom. The molecule has 0 aromatic carbocycles. The second-order valence-electron chi connectivity index (χ2n) is 2.73. The summed E-state index contributed by atoms with van der Waals surface area (Å²) in [5.74, 6) is -3.69. The first-order valence-electron chi connectivity index (χ1n) is 3.22. The van der Waals surface area contributed by atoms with Crippen molar-refractivity contribution in [2.75, 3.05) is 0 Å². The lowest BCUT2D eigenvalue weighted by Gasteiger charge is -2.15. The largest absolute Gasteiger partial charge is 0.478 e. The monoisotopic (exact) mass is 147 g/mol. The van der Waals surface area contributed by atoms with Crippen LogP contribution in [0.5, 0.6) is 0 Å². The zero-order valence-electron chi connectivity index (χ0n) is 5.72. The minimum absolute atomic E-state index is 0.0751. The van der Waals surface area contributed by atoms with Gasteiger partial charge in [0.25, 0.3) is 5.79 Å². The number of carbonyl (C=O) groups is 1. The average Bonchev–Trinajstić information content (AvgIpc) is 2.48. The van der Waals surface area contributed by atoms with Crippen molar-refractivity contribution in [3.8, 4) is 0 Å². The van der Waals surface area contributed by atoms with Gasteiger partial charge < -0.3 is 5.11 Å². The highest BCUT2D eigenvalue weighted by Crippen LogP contribution is 2.22. The van der Waals surface area contributed by atoms with E-state index in [1.165, 1.54) is 0 Å². The fourth-order valence-electron chi connectivity index (χ4n) is 0.673. The summed E-state index contributed by atoms with van der Waals surface area (Å²) in [6.07, 6.45) is 1.76. The highest BCUT2D eigenvalue weighted by molar-refractivity contribution is 5.76. The number of aliphatic carboxylic acids is 1. The van der Waals surface area contributed by atoms with Crippen LogP contribution in [0.1, 0.15) is 19.8 Å². The SMILES string of the molecule is CC(F)(NC1CC1)C(=O)O. The van der Waals surface area contributed by atoms with E-state index < -0.39 is 11.8 Å². The lowest BCUT2D eigenvalue weighted by Crippen LogP contribution is -2.46. The van der Waals surface area contributed by atoms with Crippen molar-refractivity contribution in [3.63, 3.8) is 0 Å². The molecule has 0 radical (unpaired) electrons. The van der Waals surface area contributed by atoms with Gasteiger partial charge in [0.15, 0.2) is 0 Å². The number of nitrogens with one attached hydrogen (secondary N) is 1. The Bertz CT molecular complexity index is 154. The third-order valence-corrected chi connectivity index (χ3v) is 1.45. The van der Waals surface area contributed by atoms with Crippen molar-refractivity contribution in [2.24, 2.45) is 0 Å². The number of alkyl halides is 1.